The fourth-order valence-corrected chi connectivity index (χ4v) is 4.31. The van der Waals surface area contributed by atoms with Gasteiger partial charge in [-0.15, -0.1) is 10.2 Å². The lowest BCUT2D eigenvalue weighted by Gasteiger charge is -2.11. The Bertz CT molecular complexity index is 1300. The first kappa shape index (κ1) is 23.7. The van der Waals surface area contributed by atoms with Gasteiger partial charge in [0.15, 0.2) is 11.0 Å². The number of hydrazone groups is 1. The molecule has 4 rings (SSSR count). The van der Waals surface area contributed by atoms with Crippen LogP contribution in [-0.2, 0) is 4.79 Å². The molecule has 3 aromatic carbocycles. The van der Waals surface area contributed by atoms with Gasteiger partial charge in [-0.1, -0.05) is 69.7 Å². The van der Waals surface area contributed by atoms with E-state index in [0.717, 1.165) is 32.6 Å². The molecule has 0 saturated heterocycles. The zero-order chi connectivity index (χ0) is 23.9. The van der Waals surface area contributed by atoms with Crippen LogP contribution in [0.15, 0.2) is 87.5 Å². The number of carbonyl (C=O) groups is 1. The Morgan fingerprint density at radius 2 is 1.88 bits per heavy atom. The molecule has 1 aromatic heterocycles. The van der Waals surface area contributed by atoms with E-state index in [0.29, 0.717) is 11.0 Å². The Hall–Kier alpha value is -3.43. The Labute approximate surface area is 210 Å². The fraction of sp³-hybridized carbons (Fsp3) is 0.120. The summed E-state index contributed by atoms with van der Waals surface area (Å²) in [7, 11) is 1.63. The minimum Gasteiger partial charge on any atom is -0.497 e. The quantitative estimate of drug-likeness (QED) is 0.189. The summed E-state index contributed by atoms with van der Waals surface area (Å²) in [5.41, 5.74) is 6.41. The van der Waals surface area contributed by atoms with Gasteiger partial charge in [-0.05, 0) is 48.9 Å². The van der Waals surface area contributed by atoms with Crippen LogP contribution in [0.2, 0.25) is 0 Å². The number of ether oxygens (including phenoxy) is 1. The Morgan fingerprint density at radius 1 is 1.12 bits per heavy atom. The molecule has 0 radical (unpaired) electrons. The summed E-state index contributed by atoms with van der Waals surface area (Å²) in [6, 6.07) is 23.4. The number of hydrogen-bond donors (Lipinski definition) is 1. The van der Waals surface area contributed by atoms with Crippen LogP contribution in [0.1, 0.15) is 11.1 Å². The number of aryl methyl sites for hydroxylation is 1. The van der Waals surface area contributed by atoms with E-state index >= 15 is 0 Å². The van der Waals surface area contributed by atoms with Crippen molar-refractivity contribution in [3.8, 4) is 22.8 Å². The smallest absolute Gasteiger partial charge is 0.250 e. The second kappa shape index (κ2) is 11.1. The second-order valence-electron chi connectivity index (χ2n) is 7.34. The summed E-state index contributed by atoms with van der Waals surface area (Å²) in [5.74, 6) is 1.35. The van der Waals surface area contributed by atoms with Gasteiger partial charge in [0, 0.05) is 15.7 Å². The maximum Gasteiger partial charge on any atom is 0.250 e. The molecule has 0 aliphatic rings. The number of methoxy groups -OCH3 is 1. The number of rotatable bonds is 8. The highest BCUT2D eigenvalue weighted by atomic mass is 79.9. The molecule has 4 aromatic rings. The van der Waals surface area contributed by atoms with Crippen molar-refractivity contribution in [1.82, 2.24) is 20.2 Å². The van der Waals surface area contributed by atoms with E-state index in [9.17, 15) is 4.79 Å². The van der Waals surface area contributed by atoms with Crippen molar-refractivity contribution >= 4 is 39.8 Å². The van der Waals surface area contributed by atoms with Crippen molar-refractivity contribution < 1.29 is 9.53 Å². The molecule has 0 spiro atoms. The third kappa shape index (κ3) is 5.92. The van der Waals surface area contributed by atoms with Crippen LogP contribution in [0.5, 0.6) is 5.75 Å². The van der Waals surface area contributed by atoms with E-state index in [-0.39, 0.29) is 11.7 Å². The second-order valence-corrected chi connectivity index (χ2v) is 9.20. The van der Waals surface area contributed by atoms with E-state index in [1.165, 1.54) is 11.8 Å². The Morgan fingerprint density at radius 3 is 2.59 bits per heavy atom. The van der Waals surface area contributed by atoms with Gasteiger partial charge in [-0.25, -0.2) is 5.43 Å². The molecule has 1 heterocycles. The maximum atomic E-state index is 12.4. The standard InChI is InChI=1S/C25H22BrN5O2S/c1-17-6-8-19(9-7-17)24-29-30-25(31(24)21-10-12-22(33-2)13-11-21)34-16-23(32)28-27-15-18-4-3-5-20(26)14-18/h3-15H,16H2,1-2H3,(H,28,32)/b27-15+. The molecule has 0 atom stereocenters. The van der Waals surface area contributed by atoms with E-state index in [1.807, 2.05) is 84.3 Å². The van der Waals surface area contributed by atoms with E-state index in [1.54, 1.807) is 13.3 Å². The van der Waals surface area contributed by atoms with Gasteiger partial charge in [0.25, 0.3) is 5.91 Å². The predicted molar refractivity (Wildman–Crippen MR) is 139 cm³/mol. The van der Waals surface area contributed by atoms with Crippen molar-refractivity contribution in [3.05, 3.63) is 88.4 Å². The van der Waals surface area contributed by atoms with E-state index < -0.39 is 0 Å². The number of halogens is 1. The molecule has 1 amide bonds. The van der Waals surface area contributed by atoms with Gasteiger partial charge in [-0.2, -0.15) is 5.10 Å². The zero-order valence-corrected chi connectivity index (χ0v) is 21.0. The Balaban J connectivity index is 1.52. The zero-order valence-electron chi connectivity index (χ0n) is 18.6. The van der Waals surface area contributed by atoms with Crippen molar-refractivity contribution in [2.75, 3.05) is 12.9 Å². The lowest BCUT2D eigenvalue weighted by atomic mass is 10.1. The van der Waals surface area contributed by atoms with Gasteiger partial charge in [-0.3, -0.25) is 9.36 Å². The molecular formula is C25H22BrN5O2S. The van der Waals surface area contributed by atoms with Gasteiger partial charge < -0.3 is 4.74 Å². The summed E-state index contributed by atoms with van der Waals surface area (Å²) in [6.07, 6.45) is 1.60. The number of benzene rings is 3. The lowest BCUT2D eigenvalue weighted by molar-refractivity contribution is -0.118. The lowest BCUT2D eigenvalue weighted by Crippen LogP contribution is -2.20. The maximum absolute atomic E-state index is 12.4. The minimum absolute atomic E-state index is 0.137. The fourth-order valence-electron chi connectivity index (χ4n) is 3.15. The number of aromatic nitrogens is 3. The highest BCUT2D eigenvalue weighted by molar-refractivity contribution is 9.10. The summed E-state index contributed by atoms with van der Waals surface area (Å²) in [6.45, 7) is 2.04. The molecule has 0 fully saturated rings. The molecule has 1 N–H and O–H groups in total. The summed E-state index contributed by atoms with van der Waals surface area (Å²) >= 11 is 4.71. The normalized spacial score (nSPS) is 11.0. The predicted octanol–water partition coefficient (Wildman–Crippen LogP) is 5.26. The molecule has 0 unspecified atom stereocenters. The highest BCUT2D eigenvalue weighted by Gasteiger charge is 2.17. The van der Waals surface area contributed by atoms with Gasteiger partial charge in [0.2, 0.25) is 0 Å². The Kier molecular flexibility index (Phi) is 7.76. The molecule has 172 valence electrons. The van der Waals surface area contributed by atoms with Crippen LogP contribution in [-0.4, -0.2) is 39.7 Å². The average molecular weight is 536 g/mol. The van der Waals surface area contributed by atoms with Crippen molar-refractivity contribution in [2.24, 2.45) is 5.10 Å². The largest absolute Gasteiger partial charge is 0.497 e. The van der Waals surface area contributed by atoms with Gasteiger partial charge in [0.05, 0.1) is 19.1 Å². The number of carbonyl (C=O) groups excluding carboxylic acids is 1. The van der Waals surface area contributed by atoms with Crippen LogP contribution in [0.25, 0.3) is 17.1 Å². The van der Waals surface area contributed by atoms with Crippen LogP contribution >= 0.6 is 27.7 Å². The van der Waals surface area contributed by atoms with Crippen molar-refractivity contribution in [1.29, 1.82) is 0 Å². The molecule has 9 heteroatoms. The number of thioether (sulfide) groups is 1. The summed E-state index contributed by atoms with van der Waals surface area (Å²) in [5, 5.41) is 13.4. The molecule has 0 aliphatic heterocycles. The van der Waals surface area contributed by atoms with Gasteiger partial charge in [0.1, 0.15) is 5.75 Å². The van der Waals surface area contributed by atoms with Crippen molar-refractivity contribution in [2.45, 2.75) is 12.1 Å². The summed E-state index contributed by atoms with van der Waals surface area (Å²) < 4.78 is 8.17. The number of hydrogen-bond acceptors (Lipinski definition) is 6. The van der Waals surface area contributed by atoms with E-state index in [2.05, 4.69) is 36.7 Å². The SMILES string of the molecule is COc1ccc(-n2c(SCC(=O)N/N=C/c3cccc(Br)c3)nnc2-c2ccc(C)cc2)cc1. The highest BCUT2D eigenvalue weighted by Crippen LogP contribution is 2.29. The van der Waals surface area contributed by atoms with E-state index in [4.69, 9.17) is 4.74 Å². The van der Waals surface area contributed by atoms with Crippen LogP contribution in [0.3, 0.4) is 0 Å². The average Bonchev–Trinajstić information content (AvgIpc) is 3.27. The molecule has 0 saturated carbocycles. The molecule has 7 nitrogen and oxygen atoms in total. The monoisotopic (exact) mass is 535 g/mol. The topological polar surface area (TPSA) is 81.4 Å². The molecule has 0 aliphatic carbocycles. The molecule has 0 bridgehead atoms. The first-order valence-corrected chi connectivity index (χ1v) is 12.2. The van der Waals surface area contributed by atoms with Crippen LogP contribution < -0.4 is 10.2 Å². The third-order valence-electron chi connectivity index (χ3n) is 4.86. The van der Waals surface area contributed by atoms with Gasteiger partial charge >= 0.3 is 0 Å². The number of nitrogens with one attached hydrogen (secondary N) is 1. The first-order chi connectivity index (χ1) is 16.5. The number of amides is 1. The molecule has 34 heavy (non-hydrogen) atoms. The first-order valence-electron chi connectivity index (χ1n) is 10.4. The summed E-state index contributed by atoms with van der Waals surface area (Å²) in [4.78, 5) is 12.4. The third-order valence-corrected chi connectivity index (χ3v) is 6.28. The van der Waals surface area contributed by atoms with Crippen LogP contribution in [0, 0.1) is 6.92 Å². The minimum atomic E-state index is -0.239. The number of nitrogens with zero attached hydrogens (tertiary/aromatic N) is 4. The van der Waals surface area contributed by atoms with Crippen LogP contribution in [0.4, 0.5) is 0 Å². The molecular weight excluding hydrogens is 514 g/mol. The van der Waals surface area contributed by atoms with Crippen molar-refractivity contribution in [3.63, 3.8) is 0 Å².